The van der Waals surface area contributed by atoms with E-state index >= 15 is 0 Å². The maximum absolute atomic E-state index is 12.7. The highest BCUT2D eigenvalue weighted by Crippen LogP contribution is 2.31. The molecule has 7 heteroatoms. The first-order chi connectivity index (χ1) is 9.99. The summed E-state index contributed by atoms with van der Waals surface area (Å²) in [5.74, 6) is -1.20. The Morgan fingerprint density at radius 2 is 1.76 bits per heavy atom. The molecular formula is C14H9Cl2FN2O2. The van der Waals surface area contributed by atoms with Crippen molar-refractivity contribution in [3.8, 4) is 5.75 Å². The molecule has 0 radical (unpaired) electrons. The third kappa shape index (κ3) is 3.71. The van der Waals surface area contributed by atoms with Crippen LogP contribution in [0.15, 0.2) is 41.5 Å². The lowest BCUT2D eigenvalue weighted by Crippen LogP contribution is -2.17. The van der Waals surface area contributed by atoms with Crippen LogP contribution >= 0.6 is 23.2 Å². The zero-order valence-electron chi connectivity index (χ0n) is 10.5. The van der Waals surface area contributed by atoms with E-state index in [2.05, 4.69) is 10.5 Å². The summed E-state index contributed by atoms with van der Waals surface area (Å²) in [7, 11) is 0. The Labute approximate surface area is 129 Å². The van der Waals surface area contributed by atoms with Crippen molar-refractivity contribution in [3.63, 3.8) is 0 Å². The molecule has 108 valence electrons. The molecule has 0 aliphatic heterocycles. The zero-order valence-corrected chi connectivity index (χ0v) is 12.0. The predicted octanol–water partition coefficient (Wildman–Crippen LogP) is 3.60. The number of nitrogens with one attached hydrogen (secondary N) is 1. The fraction of sp³-hybridized carbons (Fsp3) is 0. The van der Waals surface area contributed by atoms with Gasteiger partial charge in [0, 0.05) is 5.56 Å². The topological polar surface area (TPSA) is 61.7 Å². The normalized spacial score (nSPS) is 10.8. The number of hydrogen-bond acceptors (Lipinski definition) is 3. The first-order valence-corrected chi connectivity index (χ1v) is 6.50. The fourth-order valence-electron chi connectivity index (χ4n) is 1.50. The molecule has 0 aromatic heterocycles. The Kier molecular flexibility index (Phi) is 4.77. The maximum Gasteiger partial charge on any atom is 0.271 e. The molecule has 0 bridgehead atoms. The summed E-state index contributed by atoms with van der Waals surface area (Å²) >= 11 is 11.6. The highest BCUT2D eigenvalue weighted by Gasteiger charge is 2.09. The fourth-order valence-corrected chi connectivity index (χ4v) is 1.87. The molecule has 0 heterocycles. The van der Waals surface area contributed by atoms with Crippen LogP contribution in [0.3, 0.4) is 0 Å². The number of carbonyl (C=O) groups is 1. The first-order valence-electron chi connectivity index (χ1n) is 5.75. The average molecular weight is 327 g/mol. The predicted molar refractivity (Wildman–Crippen MR) is 79.6 cm³/mol. The minimum atomic E-state index is -0.524. The number of hydrogen-bond donors (Lipinski definition) is 2. The van der Waals surface area contributed by atoms with E-state index in [0.29, 0.717) is 0 Å². The van der Waals surface area contributed by atoms with Crippen LogP contribution in [0, 0.1) is 5.82 Å². The van der Waals surface area contributed by atoms with E-state index in [-0.39, 0.29) is 26.9 Å². The lowest BCUT2D eigenvalue weighted by atomic mass is 10.2. The van der Waals surface area contributed by atoms with E-state index in [9.17, 15) is 14.3 Å². The Hall–Kier alpha value is -2.11. The van der Waals surface area contributed by atoms with Crippen LogP contribution < -0.4 is 5.43 Å². The Morgan fingerprint density at radius 3 is 2.43 bits per heavy atom. The van der Waals surface area contributed by atoms with Crippen molar-refractivity contribution in [3.05, 3.63) is 63.4 Å². The van der Waals surface area contributed by atoms with Crippen LogP contribution in [0.5, 0.6) is 5.75 Å². The summed E-state index contributed by atoms with van der Waals surface area (Å²) < 4.78 is 12.7. The number of aromatic hydroxyl groups is 1. The second-order valence-electron chi connectivity index (χ2n) is 4.00. The Morgan fingerprint density at radius 1 is 1.14 bits per heavy atom. The molecule has 2 rings (SSSR count). The number of nitrogens with zero attached hydrogens (tertiary/aromatic N) is 1. The van der Waals surface area contributed by atoms with Gasteiger partial charge < -0.3 is 5.11 Å². The molecule has 0 aliphatic carbocycles. The maximum atomic E-state index is 12.7. The van der Waals surface area contributed by atoms with Gasteiger partial charge in [-0.15, -0.1) is 0 Å². The number of rotatable bonds is 3. The number of phenols is 1. The van der Waals surface area contributed by atoms with Crippen LogP contribution in [-0.2, 0) is 0 Å². The monoisotopic (exact) mass is 326 g/mol. The molecule has 1 amide bonds. The van der Waals surface area contributed by atoms with Crippen molar-refractivity contribution >= 4 is 35.3 Å². The lowest BCUT2D eigenvalue weighted by Gasteiger charge is -2.04. The first kappa shape index (κ1) is 15.3. The van der Waals surface area contributed by atoms with E-state index in [1.165, 1.54) is 30.5 Å². The molecule has 0 unspecified atom stereocenters. The van der Waals surface area contributed by atoms with E-state index < -0.39 is 11.7 Å². The van der Waals surface area contributed by atoms with E-state index in [0.717, 1.165) is 12.1 Å². The second-order valence-corrected chi connectivity index (χ2v) is 4.81. The van der Waals surface area contributed by atoms with Gasteiger partial charge in [0.05, 0.1) is 21.8 Å². The molecular weight excluding hydrogens is 318 g/mol. The molecule has 2 N–H and O–H groups in total. The number of halogens is 3. The minimum Gasteiger partial charge on any atom is -0.506 e. The molecule has 0 spiro atoms. The van der Waals surface area contributed by atoms with Gasteiger partial charge in [-0.1, -0.05) is 23.2 Å². The van der Waals surface area contributed by atoms with E-state index in [1.807, 2.05) is 0 Å². The standard InChI is InChI=1S/C14H9Cl2FN2O2/c15-11-5-6-12(16)13(20)10(11)7-18-19-14(21)8-1-3-9(17)4-2-8/h1-7,20H,(H,19,21)/b18-7+. The zero-order chi connectivity index (χ0) is 15.4. The van der Waals surface area contributed by atoms with Crippen molar-refractivity contribution in [2.45, 2.75) is 0 Å². The second kappa shape index (κ2) is 6.56. The van der Waals surface area contributed by atoms with Gasteiger partial charge in [-0.25, -0.2) is 9.82 Å². The number of benzene rings is 2. The molecule has 0 saturated carbocycles. The van der Waals surface area contributed by atoms with Gasteiger partial charge in [0.2, 0.25) is 0 Å². The highest BCUT2D eigenvalue weighted by atomic mass is 35.5. The van der Waals surface area contributed by atoms with Gasteiger partial charge in [-0.05, 0) is 36.4 Å². The van der Waals surface area contributed by atoms with Crippen molar-refractivity contribution < 1.29 is 14.3 Å². The number of carbonyl (C=O) groups excluding carboxylic acids is 1. The highest BCUT2D eigenvalue weighted by molar-refractivity contribution is 6.36. The molecule has 21 heavy (non-hydrogen) atoms. The smallest absolute Gasteiger partial charge is 0.271 e. The van der Waals surface area contributed by atoms with Crippen LogP contribution in [-0.4, -0.2) is 17.2 Å². The van der Waals surface area contributed by atoms with Crippen LogP contribution in [0.2, 0.25) is 10.0 Å². The number of hydrazone groups is 1. The molecule has 2 aromatic rings. The summed E-state index contributed by atoms with van der Waals surface area (Å²) in [5, 5.41) is 13.8. The third-order valence-corrected chi connectivity index (χ3v) is 3.22. The molecule has 2 aromatic carbocycles. The van der Waals surface area contributed by atoms with Crippen LogP contribution in [0.25, 0.3) is 0 Å². The molecule has 4 nitrogen and oxygen atoms in total. The van der Waals surface area contributed by atoms with Crippen molar-refractivity contribution in [1.82, 2.24) is 5.43 Å². The minimum absolute atomic E-state index is 0.116. The quantitative estimate of drug-likeness (QED) is 0.668. The molecule has 0 aliphatic rings. The lowest BCUT2D eigenvalue weighted by molar-refractivity contribution is 0.0955. The molecule has 0 fully saturated rings. The van der Waals surface area contributed by atoms with Gasteiger partial charge in [-0.3, -0.25) is 4.79 Å². The van der Waals surface area contributed by atoms with Crippen molar-refractivity contribution in [2.75, 3.05) is 0 Å². The SMILES string of the molecule is O=C(N/N=C/c1c(Cl)ccc(Cl)c1O)c1ccc(F)cc1. The van der Waals surface area contributed by atoms with Crippen LogP contribution in [0.1, 0.15) is 15.9 Å². The van der Waals surface area contributed by atoms with Gasteiger partial charge in [0.1, 0.15) is 11.6 Å². The van der Waals surface area contributed by atoms with Crippen molar-refractivity contribution in [2.24, 2.45) is 5.10 Å². The Bertz CT molecular complexity index is 703. The third-order valence-electron chi connectivity index (χ3n) is 2.58. The molecule has 0 atom stereocenters. The number of phenolic OH excluding ortho intramolecular Hbond substituents is 1. The van der Waals surface area contributed by atoms with E-state index in [4.69, 9.17) is 23.2 Å². The largest absolute Gasteiger partial charge is 0.506 e. The van der Waals surface area contributed by atoms with Gasteiger partial charge >= 0.3 is 0 Å². The summed E-state index contributed by atoms with van der Waals surface area (Å²) in [5.41, 5.74) is 2.67. The summed E-state index contributed by atoms with van der Waals surface area (Å²) in [6, 6.07) is 7.91. The molecule has 0 saturated heterocycles. The summed E-state index contributed by atoms with van der Waals surface area (Å²) in [4.78, 5) is 11.7. The summed E-state index contributed by atoms with van der Waals surface area (Å²) in [6.45, 7) is 0. The van der Waals surface area contributed by atoms with Gasteiger partial charge in [0.25, 0.3) is 5.91 Å². The summed E-state index contributed by atoms with van der Waals surface area (Å²) in [6.07, 6.45) is 1.17. The van der Waals surface area contributed by atoms with E-state index in [1.54, 1.807) is 0 Å². The van der Waals surface area contributed by atoms with Gasteiger partial charge in [-0.2, -0.15) is 5.10 Å². The average Bonchev–Trinajstić information content (AvgIpc) is 2.47. The number of amides is 1. The van der Waals surface area contributed by atoms with Crippen molar-refractivity contribution in [1.29, 1.82) is 0 Å². The van der Waals surface area contributed by atoms with Gasteiger partial charge in [0.15, 0.2) is 0 Å². The van der Waals surface area contributed by atoms with Crippen LogP contribution in [0.4, 0.5) is 4.39 Å². The Balaban J connectivity index is 2.11.